The third-order valence-electron chi connectivity index (χ3n) is 1.15. The Bertz CT molecular complexity index is 119. The minimum absolute atomic E-state index is 0.414. The average Bonchev–Trinajstić information content (AvgIpc) is 1.79. The molecule has 0 aromatic carbocycles. The quantitative estimate of drug-likeness (QED) is 0.632. The minimum Gasteiger partial charge on any atom is -0.310 e. The normalized spacial score (nSPS) is 14.5. The Morgan fingerprint density at radius 1 is 1.55 bits per heavy atom. The van der Waals surface area contributed by atoms with Crippen LogP contribution in [0.2, 0.25) is 0 Å². The molecule has 11 heavy (non-hydrogen) atoms. The number of halogens is 3. The molecule has 0 aromatic rings. The van der Waals surface area contributed by atoms with Crippen LogP contribution in [0.5, 0.6) is 0 Å². The molecule has 0 saturated carbocycles. The van der Waals surface area contributed by atoms with Gasteiger partial charge < -0.3 is 5.32 Å². The van der Waals surface area contributed by atoms with Crippen molar-refractivity contribution in [2.45, 2.75) is 25.6 Å². The number of nitrogens with one attached hydrogen (secondary N) is 1. The van der Waals surface area contributed by atoms with Gasteiger partial charge in [-0.25, -0.2) is 0 Å². The van der Waals surface area contributed by atoms with E-state index in [4.69, 9.17) is 0 Å². The monoisotopic (exact) mass is 167 g/mol. The zero-order valence-corrected chi connectivity index (χ0v) is 6.41. The van der Waals surface area contributed by atoms with Gasteiger partial charge in [-0.1, -0.05) is 6.08 Å². The van der Waals surface area contributed by atoms with Crippen LogP contribution in [-0.4, -0.2) is 18.8 Å². The first kappa shape index (κ1) is 10.5. The van der Waals surface area contributed by atoms with Crippen LogP contribution in [0.25, 0.3) is 0 Å². The van der Waals surface area contributed by atoms with Crippen LogP contribution in [0.1, 0.15) is 13.3 Å². The van der Waals surface area contributed by atoms with E-state index in [9.17, 15) is 13.2 Å². The van der Waals surface area contributed by atoms with Crippen LogP contribution in [-0.2, 0) is 0 Å². The Balaban J connectivity index is 3.51. The topological polar surface area (TPSA) is 12.0 Å². The smallest absolute Gasteiger partial charge is 0.310 e. The molecule has 0 saturated heterocycles. The predicted molar refractivity (Wildman–Crippen MR) is 38.3 cm³/mol. The van der Waals surface area contributed by atoms with Crippen molar-refractivity contribution < 1.29 is 13.2 Å². The fraction of sp³-hybridized carbons (Fsp3) is 0.714. The van der Waals surface area contributed by atoms with Crippen molar-refractivity contribution >= 4 is 0 Å². The van der Waals surface area contributed by atoms with Gasteiger partial charge in [-0.05, 0) is 6.92 Å². The fourth-order valence-electron chi connectivity index (χ4n) is 0.704. The van der Waals surface area contributed by atoms with Crippen LogP contribution in [0, 0.1) is 0 Å². The summed E-state index contributed by atoms with van der Waals surface area (Å²) < 4.78 is 35.0. The minimum atomic E-state index is -4.08. The van der Waals surface area contributed by atoms with E-state index in [1.165, 1.54) is 13.0 Å². The SMILES string of the molecule is C=CCNC(C)CC(F)(F)F. The Kier molecular flexibility index (Phi) is 4.18. The van der Waals surface area contributed by atoms with Crippen molar-refractivity contribution in [1.29, 1.82) is 0 Å². The number of rotatable bonds is 4. The third-order valence-corrected chi connectivity index (χ3v) is 1.15. The first-order valence-electron chi connectivity index (χ1n) is 3.36. The lowest BCUT2D eigenvalue weighted by Crippen LogP contribution is -2.31. The van der Waals surface area contributed by atoms with Crippen LogP contribution < -0.4 is 5.32 Å². The van der Waals surface area contributed by atoms with E-state index in [-0.39, 0.29) is 0 Å². The molecule has 0 aliphatic carbocycles. The molecule has 1 unspecified atom stereocenters. The second kappa shape index (κ2) is 4.38. The van der Waals surface area contributed by atoms with E-state index >= 15 is 0 Å². The summed E-state index contributed by atoms with van der Waals surface area (Å²) in [4.78, 5) is 0. The molecule has 1 nitrogen and oxygen atoms in total. The van der Waals surface area contributed by atoms with E-state index in [2.05, 4.69) is 11.9 Å². The van der Waals surface area contributed by atoms with Gasteiger partial charge >= 0.3 is 6.18 Å². The molecule has 0 aliphatic heterocycles. The van der Waals surface area contributed by atoms with Crippen molar-refractivity contribution in [3.8, 4) is 0 Å². The summed E-state index contributed by atoms with van der Waals surface area (Å²) in [6, 6.07) is -0.534. The van der Waals surface area contributed by atoms with Gasteiger partial charge in [0, 0.05) is 12.6 Å². The second-order valence-corrected chi connectivity index (χ2v) is 2.42. The van der Waals surface area contributed by atoms with Gasteiger partial charge in [0.2, 0.25) is 0 Å². The summed E-state index contributed by atoms with van der Waals surface area (Å²) in [5.74, 6) is 0. The summed E-state index contributed by atoms with van der Waals surface area (Å²) >= 11 is 0. The Morgan fingerprint density at radius 2 is 2.09 bits per heavy atom. The summed E-state index contributed by atoms with van der Waals surface area (Å²) in [5.41, 5.74) is 0. The Hall–Kier alpha value is -0.510. The fourth-order valence-corrected chi connectivity index (χ4v) is 0.704. The maximum Gasteiger partial charge on any atom is 0.390 e. The number of alkyl halides is 3. The maximum atomic E-state index is 11.7. The molecule has 0 bridgehead atoms. The molecule has 1 atom stereocenters. The summed E-state index contributed by atoms with van der Waals surface area (Å²) in [6.07, 6.45) is -3.33. The first-order valence-corrected chi connectivity index (χ1v) is 3.36. The van der Waals surface area contributed by atoms with E-state index < -0.39 is 18.6 Å². The van der Waals surface area contributed by atoms with Crippen molar-refractivity contribution in [3.63, 3.8) is 0 Å². The van der Waals surface area contributed by atoms with Crippen molar-refractivity contribution in [1.82, 2.24) is 5.32 Å². The highest BCUT2D eigenvalue weighted by molar-refractivity contribution is 4.74. The molecule has 0 amide bonds. The standard InChI is InChI=1S/C7H12F3N/c1-3-4-11-6(2)5-7(8,9)10/h3,6,11H,1,4-5H2,2H3. The van der Waals surface area contributed by atoms with Gasteiger partial charge in [-0.2, -0.15) is 13.2 Å². The van der Waals surface area contributed by atoms with Gasteiger partial charge in [0.15, 0.2) is 0 Å². The molecule has 0 heterocycles. The highest BCUT2D eigenvalue weighted by Crippen LogP contribution is 2.20. The van der Waals surface area contributed by atoms with E-state index in [0.29, 0.717) is 6.54 Å². The summed E-state index contributed by atoms with van der Waals surface area (Å²) in [7, 11) is 0. The molecule has 0 fully saturated rings. The van der Waals surface area contributed by atoms with Crippen molar-refractivity contribution in [3.05, 3.63) is 12.7 Å². The Morgan fingerprint density at radius 3 is 2.45 bits per heavy atom. The summed E-state index contributed by atoms with van der Waals surface area (Å²) in [6.45, 7) is 5.30. The molecule has 1 N–H and O–H groups in total. The van der Waals surface area contributed by atoms with Crippen LogP contribution in [0.4, 0.5) is 13.2 Å². The highest BCUT2D eigenvalue weighted by atomic mass is 19.4. The summed E-state index contributed by atoms with van der Waals surface area (Å²) in [5, 5.41) is 2.65. The largest absolute Gasteiger partial charge is 0.390 e. The van der Waals surface area contributed by atoms with E-state index in [1.54, 1.807) is 0 Å². The lowest BCUT2D eigenvalue weighted by Gasteiger charge is -2.13. The van der Waals surface area contributed by atoms with Gasteiger partial charge in [-0.15, -0.1) is 6.58 Å². The lowest BCUT2D eigenvalue weighted by molar-refractivity contribution is -0.138. The highest BCUT2D eigenvalue weighted by Gasteiger charge is 2.29. The zero-order chi connectivity index (χ0) is 8.91. The van der Waals surface area contributed by atoms with E-state index in [1.807, 2.05) is 0 Å². The third kappa shape index (κ3) is 7.39. The molecule has 0 aliphatic rings. The molecule has 0 rings (SSSR count). The van der Waals surface area contributed by atoms with Crippen molar-refractivity contribution in [2.24, 2.45) is 0 Å². The van der Waals surface area contributed by atoms with Gasteiger partial charge in [0.25, 0.3) is 0 Å². The van der Waals surface area contributed by atoms with Crippen LogP contribution >= 0.6 is 0 Å². The Labute approximate surface area is 64.3 Å². The number of hydrogen-bond donors (Lipinski definition) is 1. The number of hydrogen-bond acceptors (Lipinski definition) is 1. The zero-order valence-electron chi connectivity index (χ0n) is 6.41. The molecule has 4 heteroatoms. The maximum absolute atomic E-state index is 11.7. The van der Waals surface area contributed by atoms with Gasteiger partial charge in [0.05, 0.1) is 6.42 Å². The van der Waals surface area contributed by atoms with E-state index in [0.717, 1.165) is 0 Å². The second-order valence-electron chi connectivity index (χ2n) is 2.42. The molecule has 0 aromatic heterocycles. The first-order chi connectivity index (χ1) is 4.95. The molecule has 66 valence electrons. The molecule has 0 spiro atoms. The molecular weight excluding hydrogens is 155 g/mol. The molecule has 0 radical (unpaired) electrons. The average molecular weight is 167 g/mol. The lowest BCUT2D eigenvalue weighted by atomic mass is 10.2. The molecular formula is C7H12F3N. The van der Waals surface area contributed by atoms with Crippen molar-refractivity contribution in [2.75, 3.05) is 6.54 Å². The van der Waals surface area contributed by atoms with Gasteiger partial charge in [0.1, 0.15) is 0 Å². The van der Waals surface area contributed by atoms with Crippen LogP contribution in [0.15, 0.2) is 12.7 Å². The predicted octanol–water partition coefficient (Wildman–Crippen LogP) is 2.10. The van der Waals surface area contributed by atoms with Crippen LogP contribution in [0.3, 0.4) is 0 Å². The van der Waals surface area contributed by atoms with Gasteiger partial charge in [-0.3, -0.25) is 0 Å².